The molecule has 0 atom stereocenters. The molecule has 4 heteroatoms. The van der Waals surface area contributed by atoms with E-state index in [0.717, 1.165) is 0 Å². The van der Waals surface area contributed by atoms with Crippen LogP contribution in [-0.4, -0.2) is 13.3 Å². The van der Waals surface area contributed by atoms with Crippen LogP contribution in [0.5, 0.6) is 0 Å². The summed E-state index contributed by atoms with van der Waals surface area (Å²) < 4.78 is 22.8. The van der Waals surface area contributed by atoms with Crippen molar-refractivity contribution in [3.63, 3.8) is 0 Å². The van der Waals surface area contributed by atoms with E-state index >= 15 is 0 Å². The van der Waals surface area contributed by atoms with Gasteiger partial charge in [-0.25, -0.2) is 0 Å². The third kappa shape index (κ3) is 542. The number of hydrogen-bond donors (Lipinski definition) is 2. The maximum Gasteiger partial charge on any atom is 0.299 e. The van der Waals surface area contributed by atoms with Gasteiger partial charge in [0, 0.05) is 0 Å². The lowest BCUT2D eigenvalue weighted by molar-refractivity contribution is 0.454. The van der Waals surface area contributed by atoms with Gasteiger partial charge in [0.25, 0.3) is 11.4 Å². The molecule has 0 aliphatic rings. The van der Waals surface area contributed by atoms with Gasteiger partial charge in [-0.3, -0.25) is 9.11 Å². The molecule has 0 unspecified atom stereocenters. The largest absolute Gasteiger partial charge is 0.299 e. The maximum absolute atomic E-state index is 8.67. The fraction of sp³-hybridized carbons (Fsp3) is 0.333. The Bertz CT molecular complexity index is 78.7. The standard InChI is InChI=1S/C3H4.H2O3S/c1-3-2;1-4(2)3/h1H,2H3;(H2,1,2,3). The van der Waals surface area contributed by atoms with Gasteiger partial charge in [-0.15, -0.1) is 12.3 Å². The molecule has 0 amide bonds. The van der Waals surface area contributed by atoms with Crippen molar-refractivity contribution in [2.75, 3.05) is 0 Å². The van der Waals surface area contributed by atoms with Crippen molar-refractivity contribution in [2.24, 2.45) is 0 Å². The third-order valence-electron chi connectivity index (χ3n) is 0. The maximum atomic E-state index is 8.67. The van der Waals surface area contributed by atoms with Crippen molar-refractivity contribution >= 4 is 11.4 Å². The average molecular weight is 122 g/mol. The number of terminal acetylenes is 1. The smallest absolute Gasteiger partial charge is 0.284 e. The van der Waals surface area contributed by atoms with E-state index in [1.54, 1.807) is 6.92 Å². The molecule has 0 fully saturated rings. The van der Waals surface area contributed by atoms with Gasteiger partial charge in [0.1, 0.15) is 0 Å². The van der Waals surface area contributed by atoms with Crippen molar-refractivity contribution in [3.05, 3.63) is 0 Å². The van der Waals surface area contributed by atoms with E-state index in [1.807, 2.05) is 0 Å². The summed E-state index contributed by atoms with van der Waals surface area (Å²) >= 11 is -2.61. The molecule has 0 aliphatic heterocycles. The summed E-state index contributed by atoms with van der Waals surface area (Å²) in [5.74, 6) is 2.25. The second kappa shape index (κ2) is 9.16. The first-order valence-corrected chi connectivity index (χ1v) is 2.38. The minimum Gasteiger partial charge on any atom is -0.284 e. The van der Waals surface area contributed by atoms with Gasteiger partial charge in [-0.2, -0.15) is 4.21 Å². The van der Waals surface area contributed by atoms with Gasteiger partial charge in [-0.05, 0) is 6.92 Å². The van der Waals surface area contributed by atoms with Crippen molar-refractivity contribution in [1.29, 1.82) is 0 Å². The van der Waals surface area contributed by atoms with Crippen molar-refractivity contribution < 1.29 is 13.3 Å². The molecule has 0 aliphatic carbocycles. The van der Waals surface area contributed by atoms with E-state index in [2.05, 4.69) is 12.3 Å². The molecular weight excluding hydrogens is 116 g/mol. The fourth-order valence-electron chi connectivity index (χ4n) is 0. The zero-order chi connectivity index (χ0) is 6.28. The zero-order valence-corrected chi connectivity index (χ0v) is 4.60. The normalized spacial score (nSPS) is 6.14. The molecule has 0 rings (SSSR count). The summed E-state index contributed by atoms with van der Waals surface area (Å²) in [5, 5.41) is 0. The Morgan fingerprint density at radius 1 is 1.71 bits per heavy atom. The van der Waals surface area contributed by atoms with Crippen molar-refractivity contribution in [2.45, 2.75) is 6.92 Å². The van der Waals surface area contributed by atoms with E-state index < -0.39 is 11.4 Å². The predicted octanol–water partition coefficient (Wildman–Crippen LogP) is 0.321. The van der Waals surface area contributed by atoms with Gasteiger partial charge in [0.2, 0.25) is 0 Å². The van der Waals surface area contributed by atoms with Gasteiger partial charge < -0.3 is 0 Å². The van der Waals surface area contributed by atoms with E-state index in [1.165, 1.54) is 0 Å². The molecule has 0 saturated carbocycles. The Morgan fingerprint density at radius 3 is 1.71 bits per heavy atom. The second-order valence-corrected chi connectivity index (χ2v) is 0.981. The lowest BCUT2D eigenvalue weighted by Crippen LogP contribution is -1.74. The fourth-order valence-corrected chi connectivity index (χ4v) is 0. The molecule has 42 valence electrons. The molecular formula is C3H6O3S. The highest BCUT2D eigenvalue weighted by Crippen LogP contribution is 1.44. The van der Waals surface area contributed by atoms with Crippen molar-refractivity contribution in [3.8, 4) is 12.3 Å². The lowest BCUT2D eigenvalue weighted by atomic mass is 10.9. The number of rotatable bonds is 0. The monoisotopic (exact) mass is 122 g/mol. The minimum absolute atomic E-state index is 1.65. The van der Waals surface area contributed by atoms with Crippen LogP contribution < -0.4 is 0 Å². The van der Waals surface area contributed by atoms with Gasteiger partial charge >= 0.3 is 0 Å². The van der Waals surface area contributed by atoms with Gasteiger partial charge in [0.15, 0.2) is 0 Å². The minimum atomic E-state index is -2.61. The van der Waals surface area contributed by atoms with Crippen LogP contribution in [-0.2, 0) is 11.4 Å². The van der Waals surface area contributed by atoms with E-state index in [4.69, 9.17) is 13.3 Å². The van der Waals surface area contributed by atoms with E-state index in [9.17, 15) is 0 Å². The molecule has 2 N–H and O–H groups in total. The molecule has 0 spiro atoms. The molecule has 0 bridgehead atoms. The Kier molecular flexibility index (Phi) is 12.8. The Morgan fingerprint density at radius 2 is 1.71 bits per heavy atom. The molecule has 0 aromatic heterocycles. The molecule has 0 aromatic rings. The Balaban J connectivity index is 0. The van der Waals surface area contributed by atoms with Crippen molar-refractivity contribution in [1.82, 2.24) is 0 Å². The summed E-state index contributed by atoms with van der Waals surface area (Å²) in [7, 11) is 0. The number of hydrogen-bond acceptors (Lipinski definition) is 1. The quantitative estimate of drug-likeness (QED) is 0.359. The first-order chi connectivity index (χ1) is 3.15. The first kappa shape index (κ1) is 9.80. The van der Waals surface area contributed by atoms with Gasteiger partial charge in [-0.1, -0.05) is 0 Å². The Hall–Kier alpha value is -0.370. The topological polar surface area (TPSA) is 57.5 Å². The van der Waals surface area contributed by atoms with Crippen LogP contribution in [0.4, 0.5) is 0 Å². The highest BCUT2D eigenvalue weighted by molar-refractivity contribution is 7.73. The predicted molar refractivity (Wildman–Crippen MR) is 27.9 cm³/mol. The second-order valence-electron chi connectivity index (χ2n) is 0.519. The first-order valence-electron chi connectivity index (χ1n) is 1.32. The highest BCUT2D eigenvalue weighted by Gasteiger charge is 1.62. The van der Waals surface area contributed by atoms with Crippen LogP contribution in [0.1, 0.15) is 6.92 Å². The van der Waals surface area contributed by atoms with Crippen LogP contribution in [0.2, 0.25) is 0 Å². The van der Waals surface area contributed by atoms with E-state index in [-0.39, 0.29) is 0 Å². The van der Waals surface area contributed by atoms with Crippen LogP contribution in [0.3, 0.4) is 0 Å². The van der Waals surface area contributed by atoms with Gasteiger partial charge in [0.05, 0.1) is 0 Å². The molecule has 0 aromatic carbocycles. The molecule has 0 radical (unpaired) electrons. The summed E-state index contributed by atoms with van der Waals surface area (Å²) in [4.78, 5) is 0. The molecule has 3 nitrogen and oxygen atoms in total. The van der Waals surface area contributed by atoms with Crippen LogP contribution in [0.25, 0.3) is 0 Å². The average Bonchev–Trinajstić information content (AvgIpc) is 1.33. The molecule has 0 heterocycles. The zero-order valence-electron chi connectivity index (χ0n) is 3.79. The van der Waals surface area contributed by atoms with Crippen LogP contribution in [0.15, 0.2) is 0 Å². The lowest BCUT2D eigenvalue weighted by Gasteiger charge is -1.59. The summed E-state index contributed by atoms with van der Waals surface area (Å²) in [6.07, 6.45) is 4.60. The summed E-state index contributed by atoms with van der Waals surface area (Å²) in [6.45, 7) is 1.65. The molecule has 0 saturated heterocycles. The van der Waals surface area contributed by atoms with Crippen LogP contribution >= 0.6 is 0 Å². The SMILES string of the molecule is C#CC.O=S(O)O. The Labute approximate surface area is 44.9 Å². The highest BCUT2D eigenvalue weighted by atomic mass is 32.2. The summed E-state index contributed by atoms with van der Waals surface area (Å²) in [5.41, 5.74) is 0. The molecule has 7 heavy (non-hydrogen) atoms. The summed E-state index contributed by atoms with van der Waals surface area (Å²) in [6, 6.07) is 0. The third-order valence-corrected chi connectivity index (χ3v) is 0. The van der Waals surface area contributed by atoms with E-state index in [0.29, 0.717) is 0 Å². The van der Waals surface area contributed by atoms with Crippen LogP contribution in [0, 0.1) is 12.3 Å².